The highest BCUT2D eigenvalue weighted by Crippen LogP contribution is 2.26. The third kappa shape index (κ3) is 4.39. The quantitative estimate of drug-likeness (QED) is 0.497. The lowest BCUT2D eigenvalue weighted by molar-refractivity contribution is 0.0941. The van der Waals surface area contributed by atoms with Crippen molar-refractivity contribution in [2.24, 2.45) is 0 Å². The molecule has 0 bridgehead atoms. The number of pyridine rings is 1. The number of nitrogens with zero attached hydrogens (tertiary/aromatic N) is 1. The summed E-state index contributed by atoms with van der Waals surface area (Å²) in [7, 11) is 0. The number of carbonyl (C=O) groups excluding carboxylic acids is 1. The molecule has 0 radical (unpaired) electrons. The molecule has 4 rings (SSSR count). The molecule has 1 amide bonds. The first-order chi connectivity index (χ1) is 14.6. The molecule has 0 aliphatic heterocycles. The van der Waals surface area contributed by atoms with E-state index in [9.17, 15) is 14.0 Å². The molecule has 4 nitrogen and oxygen atoms in total. The molecule has 0 saturated heterocycles. The van der Waals surface area contributed by atoms with E-state index in [1.807, 2.05) is 47.8 Å². The van der Waals surface area contributed by atoms with Crippen molar-refractivity contribution in [3.8, 4) is 0 Å². The number of nitrogens with one attached hydrogen (secondary N) is 1. The summed E-state index contributed by atoms with van der Waals surface area (Å²) in [6, 6.07) is 22.1. The van der Waals surface area contributed by atoms with Gasteiger partial charge in [0, 0.05) is 11.1 Å². The Balaban J connectivity index is 1.62. The van der Waals surface area contributed by atoms with E-state index in [0.29, 0.717) is 6.54 Å². The Morgan fingerprint density at radius 1 is 0.967 bits per heavy atom. The van der Waals surface area contributed by atoms with E-state index in [2.05, 4.69) is 5.32 Å². The van der Waals surface area contributed by atoms with E-state index >= 15 is 0 Å². The Morgan fingerprint density at radius 3 is 2.43 bits per heavy atom. The number of thiophene rings is 1. The van der Waals surface area contributed by atoms with Crippen molar-refractivity contribution in [3.63, 3.8) is 0 Å². The van der Waals surface area contributed by atoms with Crippen LogP contribution in [0, 0.1) is 5.82 Å². The Bertz CT molecular complexity index is 1190. The molecule has 4 aromatic rings. The minimum Gasteiger partial charge on any atom is -0.340 e. The fourth-order valence-electron chi connectivity index (χ4n) is 3.25. The van der Waals surface area contributed by atoms with Gasteiger partial charge in [0.2, 0.25) is 0 Å². The predicted octanol–water partition coefficient (Wildman–Crippen LogP) is 4.62. The SMILES string of the molecule is O=C(NC(c1ccc(F)cc1)c1cccs1)c1cccn(Cc2ccccc2)c1=O. The van der Waals surface area contributed by atoms with Gasteiger partial charge < -0.3 is 9.88 Å². The number of amides is 1. The van der Waals surface area contributed by atoms with Gasteiger partial charge >= 0.3 is 0 Å². The summed E-state index contributed by atoms with van der Waals surface area (Å²) < 4.78 is 14.9. The summed E-state index contributed by atoms with van der Waals surface area (Å²) in [5.74, 6) is -0.813. The average Bonchev–Trinajstić information content (AvgIpc) is 3.29. The number of aromatic nitrogens is 1. The Morgan fingerprint density at radius 2 is 1.73 bits per heavy atom. The number of hydrogen-bond donors (Lipinski definition) is 1. The first kappa shape index (κ1) is 19.8. The van der Waals surface area contributed by atoms with Gasteiger partial charge in [0.25, 0.3) is 11.5 Å². The Kier molecular flexibility index (Phi) is 5.86. The lowest BCUT2D eigenvalue weighted by atomic mass is 10.0. The van der Waals surface area contributed by atoms with Crippen LogP contribution in [-0.2, 0) is 6.54 Å². The molecule has 1 unspecified atom stereocenters. The fraction of sp³-hybridized carbons (Fsp3) is 0.0833. The van der Waals surface area contributed by atoms with E-state index in [-0.39, 0.29) is 16.9 Å². The van der Waals surface area contributed by atoms with Gasteiger partial charge in [0.15, 0.2) is 0 Å². The van der Waals surface area contributed by atoms with E-state index in [1.54, 1.807) is 24.4 Å². The van der Waals surface area contributed by atoms with E-state index < -0.39 is 11.9 Å². The zero-order valence-electron chi connectivity index (χ0n) is 16.0. The molecular formula is C24H19FN2O2S. The third-order valence-corrected chi connectivity index (χ3v) is 5.70. The first-order valence-corrected chi connectivity index (χ1v) is 10.3. The number of benzene rings is 2. The number of hydrogen-bond acceptors (Lipinski definition) is 3. The van der Waals surface area contributed by atoms with Crippen molar-refractivity contribution in [1.82, 2.24) is 9.88 Å². The van der Waals surface area contributed by atoms with Crippen molar-refractivity contribution in [3.05, 3.63) is 128 Å². The summed E-state index contributed by atoms with van der Waals surface area (Å²) in [4.78, 5) is 26.8. The standard InChI is InChI=1S/C24H19FN2O2S/c25-19-12-10-18(11-13-19)22(21-9-5-15-30-21)26-23(28)20-8-4-14-27(24(20)29)16-17-6-2-1-3-7-17/h1-15,22H,16H2,(H,26,28). The highest BCUT2D eigenvalue weighted by molar-refractivity contribution is 7.10. The zero-order chi connectivity index (χ0) is 20.9. The molecule has 0 aliphatic rings. The number of carbonyl (C=O) groups is 1. The molecule has 30 heavy (non-hydrogen) atoms. The average molecular weight is 418 g/mol. The minimum absolute atomic E-state index is 0.0668. The molecule has 0 fully saturated rings. The molecule has 0 spiro atoms. The third-order valence-electron chi connectivity index (χ3n) is 4.77. The van der Waals surface area contributed by atoms with Gasteiger partial charge in [0.1, 0.15) is 11.4 Å². The number of rotatable bonds is 6. The van der Waals surface area contributed by atoms with Gasteiger partial charge in [-0.25, -0.2) is 4.39 Å². The number of halogens is 1. The topological polar surface area (TPSA) is 51.1 Å². The van der Waals surface area contributed by atoms with Crippen LogP contribution in [0.5, 0.6) is 0 Å². The molecular weight excluding hydrogens is 399 g/mol. The largest absolute Gasteiger partial charge is 0.340 e. The van der Waals surface area contributed by atoms with Crippen LogP contribution in [0.15, 0.2) is 95.2 Å². The van der Waals surface area contributed by atoms with Crippen molar-refractivity contribution < 1.29 is 9.18 Å². The zero-order valence-corrected chi connectivity index (χ0v) is 16.8. The van der Waals surface area contributed by atoms with Crippen LogP contribution in [0.3, 0.4) is 0 Å². The lowest BCUT2D eigenvalue weighted by Crippen LogP contribution is -2.35. The maximum absolute atomic E-state index is 13.4. The van der Waals surface area contributed by atoms with Crippen LogP contribution in [0.2, 0.25) is 0 Å². The van der Waals surface area contributed by atoms with Crippen LogP contribution < -0.4 is 10.9 Å². The summed E-state index contributed by atoms with van der Waals surface area (Å²) in [6.45, 7) is 0.382. The molecule has 2 heterocycles. The maximum Gasteiger partial charge on any atom is 0.263 e. The summed E-state index contributed by atoms with van der Waals surface area (Å²) in [5, 5.41) is 4.85. The van der Waals surface area contributed by atoms with Crippen LogP contribution in [0.1, 0.15) is 32.4 Å². The van der Waals surface area contributed by atoms with Gasteiger partial charge in [-0.1, -0.05) is 48.5 Å². The molecule has 6 heteroatoms. The van der Waals surface area contributed by atoms with E-state index in [1.165, 1.54) is 34.1 Å². The highest BCUT2D eigenvalue weighted by atomic mass is 32.1. The summed E-state index contributed by atoms with van der Waals surface area (Å²) >= 11 is 1.48. The van der Waals surface area contributed by atoms with Crippen molar-refractivity contribution in [2.45, 2.75) is 12.6 Å². The lowest BCUT2D eigenvalue weighted by Gasteiger charge is -2.18. The van der Waals surface area contributed by atoms with Crippen LogP contribution in [-0.4, -0.2) is 10.5 Å². The smallest absolute Gasteiger partial charge is 0.263 e. The molecule has 150 valence electrons. The van der Waals surface area contributed by atoms with Gasteiger partial charge in [-0.3, -0.25) is 9.59 Å². The van der Waals surface area contributed by atoms with Crippen LogP contribution in [0.25, 0.3) is 0 Å². The predicted molar refractivity (Wildman–Crippen MR) is 116 cm³/mol. The van der Waals surface area contributed by atoms with Crippen molar-refractivity contribution in [2.75, 3.05) is 0 Å². The van der Waals surface area contributed by atoms with Gasteiger partial charge in [-0.05, 0) is 46.8 Å². The van der Waals surface area contributed by atoms with E-state index in [0.717, 1.165) is 16.0 Å². The summed E-state index contributed by atoms with van der Waals surface area (Å²) in [5.41, 5.74) is 1.42. The minimum atomic E-state index is -0.472. The first-order valence-electron chi connectivity index (χ1n) is 9.45. The van der Waals surface area contributed by atoms with Crippen LogP contribution in [0.4, 0.5) is 4.39 Å². The second-order valence-corrected chi connectivity index (χ2v) is 7.79. The maximum atomic E-state index is 13.4. The fourth-order valence-corrected chi connectivity index (χ4v) is 4.06. The highest BCUT2D eigenvalue weighted by Gasteiger charge is 2.21. The van der Waals surface area contributed by atoms with E-state index in [4.69, 9.17) is 0 Å². The van der Waals surface area contributed by atoms with Gasteiger partial charge in [-0.2, -0.15) is 0 Å². The Labute approximate surface area is 177 Å². The van der Waals surface area contributed by atoms with Crippen molar-refractivity contribution in [1.29, 1.82) is 0 Å². The Hall–Kier alpha value is -3.51. The molecule has 1 N–H and O–H groups in total. The molecule has 2 aromatic carbocycles. The second-order valence-electron chi connectivity index (χ2n) is 6.81. The van der Waals surface area contributed by atoms with Gasteiger partial charge in [-0.15, -0.1) is 11.3 Å². The molecule has 0 saturated carbocycles. The monoisotopic (exact) mass is 418 g/mol. The molecule has 1 atom stereocenters. The van der Waals surface area contributed by atoms with Gasteiger partial charge in [0.05, 0.1) is 12.6 Å². The summed E-state index contributed by atoms with van der Waals surface area (Å²) in [6.07, 6.45) is 1.67. The van der Waals surface area contributed by atoms with Crippen molar-refractivity contribution >= 4 is 17.2 Å². The van der Waals surface area contributed by atoms with Crippen LogP contribution >= 0.6 is 11.3 Å². The molecule has 2 aromatic heterocycles. The molecule has 0 aliphatic carbocycles. The second kappa shape index (κ2) is 8.88. The normalized spacial score (nSPS) is 11.8.